The van der Waals surface area contributed by atoms with Crippen LogP contribution in [0.15, 0.2) is 23.8 Å². The average molecular weight is 455 g/mol. The summed E-state index contributed by atoms with van der Waals surface area (Å²) >= 11 is 0. The van der Waals surface area contributed by atoms with E-state index < -0.39 is 0 Å². The highest BCUT2D eigenvalue weighted by molar-refractivity contribution is 5.66. The van der Waals surface area contributed by atoms with Gasteiger partial charge in [0.1, 0.15) is 6.10 Å². The van der Waals surface area contributed by atoms with Crippen molar-refractivity contribution in [2.75, 3.05) is 0 Å². The minimum atomic E-state index is -0.108. The Morgan fingerprint density at radius 1 is 1.06 bits per heavy atom. The van der Waals surface area contributed by atoms with Crippen LogP contribution in [0.5, 0.6) is 0 Å². The third kappa shape index (κ3) is 4.50. The zero-order chi connectivity index (χ0) is 24.0. The highest BCUT2D eigenvalue weighted by Gasteiger charge is 2.58. The molecule has 3 saturated carbocycles. The standard InChI is InChI=1S/C31H50O2/c1-8-23(20(2)3)10-9-21(4)27-13-14-28-26-12-11-24-19-25(33-22(5)32)15-17-30(24,6)29(26)16-18-31(27,28)7/h9-10,12,20-21,23-25,27-29H,8,11,13-19H2,1-7H3/b10-9+/t21-,23+,24+,25+,27-,28+,29+,30+,31-/m1/s1. The van der Waals surface area contributed by atoms with Crippen LogP contribution in [-0.4, -0.2) is 12.1 Å². The van der Waals surface area contributed by atoms with Gasteiger partial charge in [-0.25, -0.2) is 0 Å². The molecule has 2 heteroatoms. The van der Waals surface area contributed by atoms with E-state index >= 15 is 0 Å². The molecule has 0 N–H and O–H groups in total. The predicted octanol–water partition coefficient (Wildman–Crippen LogP) is 8.37. The zero-order valence-electron chi connectivity index (χ0n) is 22.5. The Labute approximate surface area is 204 Å². The number of allylic oxidation sites excluding steroid dienone is 4. The van der Waals surface area contributed by atoms with Gasteiger partial charge >= 0.3 is 5.97 Å². The topological polar surface area (TPSA) is 26.3 Å². The monoisotopic (exact) mass is 454 g/mol. The molecule has 0 unspecified atom stereocenters. The van der Waals surface area contributed by atoms with Crippen molar-refractivity contribution in [3.8, 4) is 0 Å². The Bertz CT molecular complexity index is 778. The van der Waals surface area contributed by atoms with Gasteiger partial charge in [0.25, 0.3) is 0 Å². The molecule has 0 aliphatic heterocycles. The Balaban J connectivity index is 1.50. The molecule has 4 aliphatic carbocycles. The third-order valence-electron chi connectivity index (χ3n) is 11.1. The summed E-state index contributed by atoms with van der Waals surface area (Å²) in [5.74, 6) is 5.05. The smallest absolute Gasteiger partial charge is 0.302 e. The molecule has 0 aromatic carbocycles. The lowest BCUT2D eigenvalue weighted by Crippen LogP contribution is -2.50. The van der Waals surface area contributed by atoms with Gasteiger partial charge in [-0.15, -0.1) is 0 Å². The fourth-order valence-corrected chi connectivity index (χ4v) is 9.00. The molecule has 0 bridgehead atoms. The van der Waals surface area contributed by atoms with Gasteiger partial charge in [-0.2, -0.15) is 0 Å². The Morgan fingerprint density at radius 3 is 2.42 bits per heavy atom. The summed E-state index contributed by atoms with van der Waals surface area (Å²) in [5, 5.41) is 0. The van der Waals surface area contributed by atoms with Gasteiger partial charge in [0.15, 0.2) is 0 Å². The van der Waals surface area contributed by atoms with E-state index in [4.69, 9.17) is 4.74 Å². The number of ether oxygens (including phenoxy) is 1. The lowest BCUT2D eigenvalue weighted by Gasteiger charge is -2.58. The van der Waals surface area contributed by atoms with Crippen molar-refractivity contribution in [1.29, 1.82) is 0 Å². The first-order valence-electron chi connectivity index (χ1n) is 14.2. The SMILES string of the molecule is CC[C@@H](/C=C/[C@@H](C)[C@H]1CC[C@H]2C3=CC[C@H]4C[C@@H](OC(C)=O)CC[C@]4(C)[C@H]3CC[C@]12C)C(C)C. The third-order valence-corrected chi connectivity index (χ3v) is 11.1. The van der Waals surface area contributed by atoms with Gasteiger partial charge in [0.2, 0.25) is 0 Å². The molecular weight excluding hydrogens is 404 g/mol. The molecule has 186 valence electrons. The normalized spacial score (nSPS) is 42.3. The van der Waals surface area contributed by atoms with Crippen molar-refractivity contribution in [3.05, 3.63) is 23.8 Å². The number of hydrogen-bond donors (Lipinski definition) is 0. The Hall–Kier alpha value is -1.05. The van der Waals surface area contributed by atoms with Crippen molar-refractivity contribution >= 4 is 5.97 Å². The van der Waals surface area contributed by atoms with Crippen molar-refractivity contribution in [3.63, 3.8) is 0 Å². The lowest BCUT2D eigenvalue weighted by atomic mass is 9.47. The van der Waals surface area contributed by atoms with Gasteiger partial charge < -0.3 is 4.74 Å². The minimum absolute atomic E-state index is 0.108. The summed E-state index contributed by atoms with van der Waals surface area (Å²) in [6.45, 7) is 16.3. The van der Waals surface area contributed by atoms with Crippen LogP contribution in [-0.2, 0) is 9.53 Å². The van der Waals surface area contributed by atoms with Crippen LogP contribution in [0.25, 0.3) is 0 Å². The first kappa shape index (κ1) is 25.1. The molecule has 0 amide bonds. The molecule has 0 heterocycles. The number of rotatable bonds is 6. The highest BCUT2D eigenvalue weighted by Crippen LogP contribution is 2.66. The van der Waals surface area contributed by atoms with Crippen LogP contribution in [0.2, 0.25) is 0 Å². The molecule has 4 aliphatic rings. The number of hydrogen-bond acceptors (Lipinski definition) is 2. The van der Waals surface area contributed by atoms with E-state index in [9.17, 15) is 4.79 Å². The quantitative estimate of drug-likeness (QED) is 0.297. The molecule has 2 nitrogen and oxygen atoms in total. The van der Waals surface area contributed by atoms with Gasteiger partial charge in [-0.1, -0.05) is 65.3 Å². The van der Waals surface area contributed by atoms with Crippen molar-refractivity contribution in [2.45, 2.75) is 112 Å². The van der Waals surface area contributed by atoms with Gasteiger partial charge in [0, 0.05) is 6.92 Å². The summed E-state index contributed by atoms with van der Waals surface area (Å²) < 4.78 is 5.64. The lowest BCUT2D eigenvalue weighted by molar-refractivity contribution is -0.152. The van der Waals surface area contributed by atoms with Crippen LogP contribution >= 0.6 is 0 Å². The van der Waals surface area contributed by atoms with Gasteiger partial charge in [-0.3, -0.25) is 4.79 Å². The molecule has 0 aromatic rings. The number of carbonyl (C=O) groups excluding carboxylic acids is 1. The summed E-state index contributed by atoms with van der Waals surface area (Å²) in [5.41, 5.74) is 2.70. The van der Waals surface area contributed by atoms with E-state index in [1.54, 1.807) is 6.92 Å². The van der Waals surface area contributed by atoms with Crippen LogP contribution in [0, 0.1) is 52.3 Å². The molecule has 0 spiro atoms. The predicted molar refractivity (Wildman–Crippen MR) is 138 cm³/mol. The molecule has 0 aromatic heterocycles. The van der Waals surface area contributed by atoms with E-state index in [2.05, 4.69) is 59.8 Å². The average Bonchev–Trinajstić information content (AvgIpc) is 3.11. The van der Waals surface area contributed by atoms with Crippen LogP contribution in [0.1, 0.15) is 106 Å². The van der Waals surface area contributed by atoms with E-state index in [1.807, 2.05) is 5.57 Å². The molecule has 3 fully saturated rings. The summed E-state index contributed by atoms with van der Waals surface area (Å²) in [4.78, 5) is 11.5. The van der Waals surface area contributed by atoms with Gasteiger partial charge in [-0.05, 0) is 110 Å². The number of fused-ring (bicyclic) bond motifs is 5. The fraction of sp³-hybridized carbons (Fsp3) is 0.839. The molecule has 4 rings (SSSR count). The largest absolute Gasteiger partial charge is 0.463 e. The first-order chi connectivity index (χ1) is 15.6. The van der Waals surface area contributed by atoms with Crippen molar-refractivity contribution in [2.24, 2.45) is 52.3 Å². The zero-order valence-corrected chi connectivity index (χ0v) is 22.5. The van der Waals surface area contributed by atoms with Crippen molar-refractivity contribution < 1.29 is 9.53 Å². The number of esters is 1. The maximum Gasteiger partial charge on any atom is 0.302 e. The fourth-order valence-electron chi connectivity index (χ4n) is 9.00. The van der Waals surface area contributed by atoms with Crippen LogP contribution in [0.3, 0.4) is 0 Å². The van der Waals surface area contributed by atoms with E-state index in [0.29, 0.717) is 28.6 Å². The van der Waals surface area contributed by atoms with Crippen LogP contribution in [0.4, 0.5) is 0 Å². The second-order valence-electron chi connectivity index (χ2n) is 13.0. The van der Waals surface area contributed by atoms with Gasteiger partial charge in [0.05, 0.1) is 0 Å². The summed E-state index contributed by atoms with van der Waals surface area (Å²) in [6, 6.07) is 0. The van der Waals surface area contributed by atoms with E-state index in [0.717, 1.165) is 36.5 Å². The molecule has 0 saturated heterocycles. The molecule has 0 radical (unpaired) electrons. The van der Waals surface area contributed by atoms with E-state index in [-0.39, 0.29) is 12.1 Å². The minimum Gasteiger partial charge on any atom is -0.463 e. The van der Waals surface area contributed by atoms with E-state index in [1.165, 1.54) is 44.9 Å². The molecule has 33 heavy (non-hydrogen) atoms. The second-order valence-corrected chi connectivity index (χ2v) is 13.0. The maximum atomic E-state index is 11.5. The summed E-state index contributed by atoms with van der Waals surface area (Å²) in [6.07, 6.45) is 19.3. The Morgan fingerprint density at radius 2 is 1.76 bits per heavy atom. The summed E-state index contributed by atoms with van der Waals surface area (Å²) in [7, 11) is 0. The Kier molecular flexibility index (Phi) is 7.24. The number of carbonyl (C=O) groups is 1. The van der Waals surface area contributed by atoms with Crippen LogP contribution < -0.4 is 0 Å². The highest BCUT2D eigenvalue weighted by atomic mass is 16.5. The molecular formula is C31H50O2. The first-order valence-corrected chi connectivity index (χ1v) is 14.2. The maximum absolute atomic E-state index is 11.5. The van der Waals surface area contributed by atoms with Crippen molar-refractivity contribution in [1.82, 2.24) is 0 Å². The molecule has 9 atom stereocenters. The second kappa shape index (κ2) is 9.54.